The Morgan fingerprint density at radius 3 is 2.31 bits per heavy atom. The Bertz CT molecular complexity index is 1740. The molecule has 224 valence electrons. The summed E-state index contributed by atoms with van der Waals surface area (Å²) in [5, 5.41) is 3.84. The highest BCUT2D eigenvalue weighted by Gasteiger charge is 2.33. The smallest absolute Gasteiger partial charge is 0.493 e. The van der Waals surface area contributed by atoms with E-state index in [-0.39, 0.29) is 5.75 Å². The van der Waals surface area contributed by atoms with Crippen LogP contribution in [0.1, 0.15) is 48.0 Å². The molecular weight excluding hydrogens is 613 g/mol. The standard InChI is InChI=1S/C29H28ClF3N2O5S2/c1-5-8-39-23-13-19(14-24(16-23)40-29(31,32)33)28(2,3)18-11-20(30)15-22(12-18)34-27(36)26-10-17-9-21(35-42(4,37)38)6-7-25(17)41-26/h6-7,9-16,35H,5,8H2,1-4H3,(H,34,36). The first-order chi connectivity index (χ1) is 19.5. The fraction of sp³-hybridized carbons (Fsp3) is 0.276. The first-order valence-corrected chi connectivity index (χ1v) is 15.8. The summed E-state index contributed by atoms with van der Waals surface area (Å²) in [5.41, 5.74) is 1.00. The Morgan fingerprint density at radius 2 is 1.64 bits per heavy atom. The second-order valence-electron chi connectivity index (χ2n) is 10.1. The van der Waals surface area contributed by atoms with Gasteiger partial charge >= 0.3 is 6.36 Å². The monoisotopic (exact) mass is 640 g/mol. The number of hydrogen-bond acceptors (Lipinski definition) is 6. The molecule has 1 amide bonds. The summed E-state index contributed by atoms with van der Waals surface area (Å²) in [6.07, 6.45) is -3.16. The Morgan fingerprint density at radius 1 is 0.952 bits per heavy atom. The molecule has 0 bridgehead atoms. The molecule has 4 rings (SSSR count). The number of alkyl halides is 3. The Balaban J connectivity index is 1.63. The normalized spacial score (nSPS) is 12.3. The molecule has 0 aliphatic rings. The topological polar surface area (TPSA) is 93.7 Å². The molecule has 1 aromatic heterocycles. The van der Waals surface area contributed by atoms with Gasteiger partial charge in [0.1, 0.15) is 11.5 Å². The molecule has 0 unspecified atom stereocenters. The maximum atomic E-state index is 13.2. The Labute approximate surface area is 250 Å². The highest BCUT2D eigenvalue weighted by Crippen LogP contribution is 2.39. The van der Waals surface area contributed by atoms with Crippen LogP contribution < -0.4 is 19.5 Å². The van der Waals surface area contributed by atoms with Gasteiger partial charge in [0.05, 0.1) is 17.7 Å². The van der Waals surface area contributed by atoms with Crippen LogP contribution in [0, 0.1) is 0 Å². The predicted molar refractivity (Wildman–Crippen MR) is 161 cm³/mol. The summed E-state index contributed by atoms with van der Waals surface area (Å²) in [7, 11) is -3.46. The quantitative estimate of drug-likeness (QED) is 0.182. The van der Waals surface area contributed by atoms with Gasteiger partial charge in [-0.3, -0.25) is 9.52 Å². The van der Waals surface area contributed by atoms with E-state index in [0.717, 1.165) is 11.0 Å². The zero-order valence-electron chi connectivity index (χ0n) is 23.1. The lowest BCUT2D eigenvalue weighted by Crippen LogP contribution is -2.21. The summed E-state index contributed by atoms with van der Waals surface area (Å²) >= 11 is 7.66. The third-order valence-corrected chi connectivity index (χ3v) is 8.17. The van der Waals surface area contributed by atoms with Crippen LogP contribution in [0.2, 0.25) is 5.02 Å². The van der Waals surface area contributed by atoms with Crippen molar-refractivity contribution in [2.75, 3.05) is 22.9 Å². The van der Waals surface area contributed by atoms with E-state index in [1.807, 2.05) is 20.8 Å². The highest BCUT2D eigenvalue weighted by molar-refractivity contribution is 7.92. The van der Waals surface area contributed by atoms with Crippen molar-refractivity contribution in [1.29, 1.82) is 0 Å². The maximum absolute atomic E-state index is 13.2. The van der Waals surface area contributed by atoms with Crippen molar-refractivity contribution in [2.24, 2.45) is 0 Å². The van der Waals surface area contributed by atoms with E-state index in [1.165, 1.54) is 23.5 Å². The molecule has 0 aliphatic carbocycles. The van der Waals surface area contributed by atoms with Gasteiger partial charge in [-0.05, 0) is 77.5 Å². The number of anilines is 2. The van der Waals surface area contributed by atoms with Gasteiger partial charge in [-0.2, -0.15) is 0 Å². The fourth-order valence-corrected chi connectivity index (χ4v) is 5.97. The van der Waals surface area contributed by atoms with Crippen LogP contribution in [0.4, 0.5) is 24.5 Å². The molecule has 0 radical (unpaired) electrons. The molecule has 4 aromatic rings. The summed E-state index contributed by atoms with van der Waals surface area (Å²) in [6.45, 7) is 5.83. The van der Waals surface area contributed by atoms with Crippen molar-refractivity contribution < 1.29 is 35.9 Å². The Kier molecular flexibility index (Phi) is 9.00. The highest BCUT2D eigenvalue weighted by atomic mass is 35.5. The lowest BCUT2D eigenvalue weighted by molar-refractivity contribution is -0.274. The van der Waals surface area contributed by atoms with Crippen LogP contribution in [-0.4, -0.2) is 33.5 Å². The molecule has 2 N–H and O–H groups in total. The number of thiophene rings is 1. The van der Waals surface area contributed by atoms with Gasteiger partial charge in [0.2, 0.25) is 10.0 Å². The SMILES string of the molecule is CCCOc1cc(OC(F)(F)F)cc(C(C)(C)c2cc(Cl)cc(NC(=O)c3cc4cc(NS(C)(=O)=O)ccc4s3)c2)c1. The summed E-state index contributed by atoms with van der Waals surface area (Å²) < 4.78 is 75.3. The molecule has 0 saturated carbocycles. The van der Waals surface area contributed by atoms with Crippen molar-refractivity contribution in [1.82, 2.24) is 0 Å². The van der Waals surface area contributed by atoms with E-state index in [2.05, 4.69) is 14.8 Å². The number of fused-ring (bicyclic) bond motifs is 1. The molecule has 7 nitrogen and oxygen atoms in total. The third-order valence-electron chi connectivity index (χ3n) is 6.23. The number of benzene rings is 3. The van der Waals surface area contributed by atoms with E-state index in [1.54, 1.807) is 48.5 Å². The van der Waals surface area contributed by atoms with Crippen molar-refractivity contribution in [3.63, 3.8) is 0 Å². The number of rotatable bonds is 10. The number of amides is 1. The number of hydrogen-bond donors (Lipinski definition) is 2. The molecule has 0 aliphatic heterocycles. The minimum Gasteiger partial charge on any atom is -0.493 e. The minimum atomic E-state index is -4.88. The lowest BCUT2D eigenvalue weighted by atomic mass is 9.78. The minimum absolute atomic E-state index is 0.233. The van der Waals surface area contributed by atoms with Gasteiger partial charge in [-0.1, -0.05) is 32.4 Å². The van der Waals surface area contributed by atoms with Crippen LogP contribution in [0.5, 0.6) is 11.5 Å². The largest absolute Gasteiger partial charge is 0.573 e. The molecule has 1 heterocycles. The van der Waals surface area contributed by atoms with E-state index in [0.29, 0.717) is 50.8 Å². The fourth-order valence-electron chi connectivity index (χ4n) is 4.24. The molecule has 0 atom stereocenters. The van der Waals surface area contributed by atoms with Crippen molar-refractivity contribution in [2.45, 2.75) is 39.0 Å². The molecule has 0 saturated heterocycles. The van der Waals surface area contributed by atoms with Crippen LogP contribution in [0.3, 0.4) is 0 Å². The van der Waals surface area contributed by atoms with E-state index in [9.17, 15) is 26.4 Å². The van der Waals surface area contributed by atoms with Crippen molar-refractivity contribution >= 4 is 60.3 Å². The van der Waals surface area contributed by atoms with Gasteiger partial charge in [0, 0.05) is 32.6 Å². The van der Waals surface area contributed by atoms with Gasteiger partial charge in [0.25, 0.3) is 5.91 Å². The average molecular weight is 641 g/mol. The summed E-state index contributed by atoms with van der Waals surface area (Å²) in [6, 6.07) is 15.7. The van der Waals surface area contributed by atoms with E-state index >= 15 is 0 Å². The van der Waals surface area contributed by atoms with Crippen LogP contribution in [0.25, 0.3) is 10.1 Å². The van der Waals surface area contributed by atoms with Gasteiger partial charge in [-0.15, -0.1) is 24.5 Å². The summed E-state index contributed by atoms with van der Waals surface area (Å²) in [5.74, 6) is -0.582. The van der Waals surface area contributed by atoms with E-state index < -0.39 is 33.5 Å². The summed E-state index contributed by atoms with van der Waals surface area (Å²) in [4.78, 5) is 13.6. The molecule has 0 spiro atoms. The number of halogens is 4. The Hall–Kier alpha value is -3.48. The van der Waals surface area contributed by atoms with E-state index in [4.69, 9.17) is 16.3 Å². The molecule has 42 heavy (non-hydrogen) atoms. The zero-order chi connectivity index (χ0) is 30.9. The lowest BCUT2D eigenvalue weighted by Gasteiger charge is -2.28. The molecule has 13 heteroatoms. The molecule has 0 fully saturated rings. The van der Waals surface area contributed by atoms with Crippen LogP contribution in [-0.2, 0) is 15.4 Å². The number of carbonyl (C=O) groups excluding carboxylic acids is 1. The number of ether oxygens (including phenoxy) is 2. The number of carbonyl (C=O) groups is 1. The van der Waals surface area contributed by atoms with Crippen LogP contribution >= 0.6 is 22.9 Å². The van der Waals surface area contributed by atoms with Gasteiger partial charge in [0.15, 0.2) is 0 Å². The van der Waals surface area contributed by atoms with Crippen molar-refractivity contribution in [3.05, 3.63) is 81.7 Å². The zero-order valence-corrected chi connectivity index (χ0v) is 25.4. The number of nitrogens with one attached hydrogen (secondary N) is 2. The van der Waals surface area contributed by atoms with Gasteiger partial charge in [-0.25, -0.2) is 8.42 Å². The first-order valence-electron chi connectivity index (χ1n) is 12.7. The first kappa shape index (κ1) is 31.5. The second-order valence-corrected chi connectivity index (χ2v) is 13.4. The number of sulfonamides is 1. The van der Waals surface area contributed by atoms with Crippen molar-refractivity contribution in [3.8, 4) is 11.5 Å². The molecule has 3 aromatic carbocycles. The maximum Gasteiger partial charge on any atom is 0.573 e. The van der Waals surface area contributed by atoms with Crippen LogP contribution in [0.15, 0.2) is 60.7 Å². The molecular formula is C29H28ClF3N2O5S2. The second kappa shape index (κ2) is 12.0. The predicted octanol–water partition coefficient (Wildman–Crippen LogP) is 8.19. The third kappa shape index (κ3) is 8.08. The van der Waals surface area contributed by atoms with Gasteiger partial charge < -0.3 is 14.8 Å². The average Bonchev–Trinajstić information content (AvgIpc) is 3.28.